The highest BCUT2D eigenvalue weighted by atomic mass is 79.9. The number of aromatic nitrogens is 3. The van der Waals surface area contributed by atoms with Gasteiger partial charge in [0.1, 0.15) is 5.82 Å². The molecule has 2 rings (SSSR count). The van der Waals surface area contributed by atoms with Gasteiger partial charge in [0.25, 0.3) is 0 Å². The molecule has 12 heavy (non-hydrogen) atoms. The monoisotopic (exact) mass is 229 g/mol. The predicted octanol–water partition coefficient (Wildman–Crippen LogP) is 1.92. The van der Waals surface area contributed by atoms with Crippen molar-refractivity contribution in [1.29, 1.82) is 0 Å². The van der Waals surface area contributed by atoms with Crippen LogP contribution in [0.1, 0.15) is 25.1 Å². The van der Waals surface area contributed by atoms with Crippen molar-refractivity contribution in [2.45, 2.75) is 25.7 Å². The molecule has 0 atom stereocenters. The van der Waals surface area contributed by atoms with Gasteiger partial charge in [0.15, 0.2) is 0 Å². The fourth-order valence-electron chi connectivity index (χ4n) is 1.34. The second kappa shape index (κ2) is 3.17. The van der Waals surface area contributed by atoms with Crippen molar-refractivity contribution in [3.63, 3.8) is 0 Å². The van der Waals surface area contributed by atoms with Crippen molar-refractivity contribution in [3.8, 4) is 0 Å². The average molecular weight is 230 g/mol. The molecule has 3 nitrogen and oxygen atoms in total. The summed E-state index contributed by atoms with van der Waals surface area (Å²) in [6.45, 7) is 0. The molecule has 66 valence electrons. The zero-order valence-corrected chi connectivity index (χ0v) is 8.71. The molecule has 1 aliphatic carbocycles. The van der Waals surface area contributed by atoms with Crippen LogP contribution in [-0.2, 0) is 13.5 Å². The van der Waals surface area contributed by atoms with Gasteiger partial charge < -0.3 is 0 Å². The van der Waals surface area contributed by atoms with Crippen molar-refractivity contribution < 1.29 is 0 Å². The van der Waals surface area contributed by atoms with Crippen molar-refractivity contribution in [3.05, 3.63) is 10.6 Å². The molecular weight excluding hydrogens is 218 g/mol. The van der Waals surface area contributed by atoms with Gasteiger partial charge in [0.05, 0.1) is 0 Å². The molecule has 0 aliphatic heterocycles. The van der Waals surface area contributed by atoms with E-state index in [9.17, 15) is 0 Å². The van der Waals surface area contributed by atoms with Crippen LogP contribution in [0.4, 0.5) is 0 Å². The second-order valence-electron chi connectivity index (χ2n) is 3.40. The second-order valence-corrected chi connectivity index (χ2v) is 4.11. The Hall–Kier alpha value is -0.380. The zero-order chi connectivity index (χ0) is 8.55. The maximum absolute atomic E-state index is 4.28. The number of nitrogens with zero attached hydrogens (tertiary/aromatic N) is 3. The topological polar surface area (TPSA) is 30.7 Å². The summed E-state index contributed by atoms with van der Waals surface area (Å²) in [5.41, 5.74) is 0. The molecule has 0 amide bonds. The SMILES string of the molecule is Cn1nc(Br)nc1CCC1CC1. The van der Waals surface area contributed by atoms with Crippen LogP contribution in [0.5, 0.6) is 0 Å². The zero-order valence-electron chi connectivity index (χ0n) is 7.13. The third-order valence-electron chi connectivity index (χ3n) is 2.30. The Morgan fingerprint density at radius 3 is 2.83 bits per heavy atom. The molecule has 0 saturated heterocycles. The molecule has 0 unspecified atom stereocenters. The Morgan fingerprint density at radius 1 is 1.58 bits per heavy atom. The number of halogens is 1. The highest BCUT2D eigenvalue weighted by Crippen LogP contribution is 2.33. The van der Waals surface area contributed by atoms with Gasteiger partial charge in [-0.25, -0.2) is 4.98 Å². The number of aryl methyl sites for hydroxylation is 2. The Bertz CT molecular complexity index is 278. The van der Waals surface area contributed by atoms with E-state index in [4.69, 9.17) is 0 Å². The maximum atomic E-state index is 4.28. The summed E-state index contributed by atoms with van der Waals surface area (Å²) in [4.78, 5) is 4.28. The van der Waals surface area contributed by atoms with Crippen LogP contribution < -0.4 is 0 Å². The molecule has 0 radical (unpaired) electrons. The van der Waals surface area contributed by atoms with Crippen LogP contribution in [0, 0.1) is 5.92 Å². The summed E-state index contributed by atoms with van der Waals surface area (Å²) >= 11 is 3.26. The predicted molar refractivity (Wildman–Crippen MR) is 49.7 cm³/mol. The lowest BCUT2D eigenvalue weighted by Gasteiger charge is -1.97. The number of hydrogen-bond acceptors (Lipinski definition) is 2. The summed E-state index contributed by atoms with van der Waals surface area (Å²) < 4.78 is 2.56. The summed E-state index contributed by atoms with van der Waals surface area (Å²) in [6, 6.07) is 0. The van der Waals surface area contributed by atoms with E-state index in [1.165, 1.54) is 19.3 Å². The van der Waals surface area contributed by atoms with E-state index in [-0.39, 0.29) is 0 Å². The lowest BCUT2D eigenvalue weighted by molar-refractivity contribution is 0.640. The first-order valence-electron chi connectivity index (χ1n) is 4.31. The Kier molecular flexibility index (Phi) is 2.17. The fourth-order valence-corrected chi connectivity index (χ4v) is 1.78. The third kappa shape index (κ3) is 1.86. The summed E-state index contributed by atoms with van der Waals surface area (Å²) in [5, 5.41) is 4.13. The highest BCUT2D eigenvalue weighted by molar-refractivity contribution is 9.10. The van der Waals surface area contributed by atoms with Crippen LogP contribution in [0.3, 0.4) is 0 Å². The largest absolute Gasteiger partial charge is 0.252 e. The first-order chi connectivity index (χ1) is 5.75. The molecule has 0 bridgehead atoms. The highest BCUT2D eigenvalue weighted by Gasteiger charge is 2.21. The van der Waals surface area contributed by atoms with Crippen LogP contribution in [-0.4, -0.2) is 14.8 Å². The first kappa shape index (κ1) is 8.23. The number of hydrogen-bond donors (Lipinski definition) is 0. The van der Waals surface area contributed by atoms with Crippen molar-refractivity contribution in [1.82, 2.24) is 14.8 Å². The normalized spacial score (nSPS) is 16.8. The van der Waals surface area contributed by atoms with Crippen molar-refractivity contribution >= 4 is 15.9 Å². The van der Waals surface area contributed by atoms with Gasteiger partial charge in [-0.15, -0.1) is 5.10 Å². The standard InChI is InChI=1S/C8H12BrN3/c1-12-7(10-8(9)11-12)5-4-6-2-3-6/h6H,2-5H2,1H3. The molecular formula is C8H12BrN3. The third-order valence-corrected chi connectivity index (χ3v) is 2.64. The lowest BCUT2D eigenvalue weighted by atomic mass is 10.2. The molecule has 1 heterocycles. The Morgan fingerprint density at radius 2 is 2.33 bits per heavy atom. The van der Waals surface area contributed by atoms with E-state index >= 15 is 0 Å². The summed E-state index contributed by atoms with van der Waals surface area (Å²) in [6.07, 6.45) is 5.18. The first-order valence-corrected chi connectivity index (χ1v) is 5.10. The van der Waals surface area contributed by atoms with E-state index in [1.54, 1.807) is 0 Å². The smallest absolute Gasteiger partial charge is 0.217 e. The van der Waals surface area contributed by atoms with Gasteiger partial charge in [-0.2, -0.15) is 0 Å². The van der Waals surface area contributed by atoms with Gasteiger partial charge in [-0.1, -0.05) is 12.8 Å². The molecule has 0 spiro atoms. The molecule has 1 fully saturated rings. The molecule has 1 aromatic rings. The number of rotatable bonds is 3. The van der Waals surface area contributed by atoms with Gasteiger partial charge in [0.2, 0.25) is 4.73 Å². The quantitative estimate of drug-likeness (QED) is 0.794. The molecule has 1 saturated carbocycles. The van der Waals surface area contributed by atoms with Crippen LogP contribution in [0.2, 0.25) is 0 Å². The van der Waals surface area contributed by atoms with Gasteiger partial charge in [-0.3, -0.25) is 4.68 Å². The van der Waals surface area contributed by atoms with Gasteiger partial charge in [-0.05, 0) is 28.3 Å². The van der Waals surface area contributed by atoms with Crippen LogP contribution in [0.15, 0.2) is 4.73 Å². The van der Waals surface area contributed by atoms with E-state index < -0.39 is 0 Å². The van der Waals surface area contributed by atoms with E-state index in [0.717, 1.165) is 18.2 Å². The van der Waals surface area contributed by atoms with Gasteiger partial charge in [0, 0.05) is 13.5 Å². The Labute approximate surface area is 80.3 Å². The molecule has 0 N–H and O–H groups in total. The maximum Gasteiger partial charge on any atom is 0.217 e. The van der Waals surface area contributed by atoms with Crippen molar-refractivity contribution in [2.75, 3.05) is 0 Å². The Balaban J connectivity index is 1.96. The van der Waals surface area contributed by atoms with E-state index in [1.807, 2.05) is 11.7 Å². The van der Waals surface area contributed by atoms with Crippen LogP contribution in [0.25, 0.3) is 0 Å². The summed E-state index contributed by atoms with van der Waals surface area (Å²) in [7, 11) is 1.94. The van der Waals surface area contributed by atoms with E-state index in [0.29, 0.717) is 4.73 Å². The van der Waals surface area contributed by atoms with E-state index in [2.05, 4.69) is 26.0 Å². The lowest BCUT2D eigenvalue weighted by Crippen LogP contribution is -1.99. The average Bonchev–Trinajstić information content (AvgIpc) is 2.76. The molecule has 4 heteroatoms. The summed E-state index contributed by atoms with van der Waals surface area (Å²) in [5.74, 6) is 2.06. The van der Waals surface area contributed by atoms with Crippen molar-refractivity contribution in [2.24, 2.45) is 13.0 Å². The van der Waals surface area contributed by atoms with Crippen LogP contribution >= 0.6 is 15.9 Å². The molecule has 0 aromatic carbocycles. The van der Waals surface area contributed by atoms with Gasteiger partial charge >= 0.3 is 0 Å². The minimum Gasteiger partial charge on any atom is -0.252 e. The fraction of sp³-hybridized carbons (Fsp3) is 0.750. The minimum atomic E-state index is 0.704. The molecule has 1 aromatic heterocycles. The molecule has 1 aliphatic rings. The minimum absolute atomic E-state index is 0.704.